The van der Waals surface area contributed by atoms with Crippen LogP contribution in [-0.2, 0) is 7.05 Å². The molecular weight excluding hydrogens is 160 g/mol. The summed E-state index contributed by atoms with van der Waals surface area (Å²) in [6, 6.07) is 0. The third-order valence-electron chi connectivity index (χ3n) is 1.40. The number of nitrogens with zero attached hydrogens (tertiary/aromatic N) is 2. The summed E-state index contributed by atoms with van der Waals surface area (Å²) in [6.45, 7) is 0. The van der Waals surface area contributed by atoms with E-state index in [9.17, 15) is 9.59 Å². The summed E-state index contributed by atoms with van der Waals surface area (Å²) < 4.78 is 1.35. The summed E-state index contributed by atoms with van der Waals surface area (Å²) in [5, 5.41) is 0. The molecule has 1 aromatic rings. The number of aryl methyl sites for hydroxylation is 1. The molecule has 1 aromatic heterocycles. The largest absolute Gasteiger partial charge is 0.364 e. The second-order valence-corrected chi connectivity index (χ2v) is 2.28. The van der Waals surface area contributed by atoms with Gasteiger partial charge in [0.05, 0.1) is 6.33 Å². The fourth-order valence-corrected chi connectivity index (χ4v) is 0.901. The zero-order valence-electron chi connectivity index (χ0n) is 6.44. The van der Waals surface area contributed by atoms with Crippen LogP contribution in [0.5, 0.6) is 0 Å². The highest BCUT2D eigenvalue weighted by Gasteiger charge is 2.17. The smallest absolute Gasteiger partial charge is 0.269 e. The summed E-state index contributed by atoms with van der Waals surface area (Å²) in [5.41, 5.74) is 9.87. The first-order valence-corrected chi connectivity index (χ1v) is 3.15. The lowest BCUT2D eigenvalue weighted by Gasteiger charge is -1.97. The third kappa shape index (κ3) is 1.14. The average molecular weight is 168 g/mol. The van der Waals surface area contributed by atoms with Gasteiger partial charge in [-0.25, -0.2) is 4.98 Å². The summed E-state index contributed by atoms with van der Waals surface area (Å²) in [6.07, 6.45) is 1.31. The van der Waals surface area contributed by atoms with Crippen molar-refractivity contribution in [2.45, 2.75) is 0 Å². The van der Waals surface area contributed by atoms with Crippen molar-refractivity contribution in [3.63, 3.8) is 0 Å². The van der Waals surface area contributed by atoms with Gasteiger partial charge in [-0.3, -0.25) is 9.59 Å². The molecule has 0 aliphatic heterocycles. The number of hydrogen-bond donors (Lipinski definition) is 2. The summed E-state index contributed by atoms with van der Waals surface area (Å²) >= 11 is 0. The normalized spacial score (nSPS) is 9.75. The van der Waals surface area contributed by atoms with E-state index in [0.29, 0.717) is 0 Å². The fourth-order valence-electron chi connectivity index (χ4n) is 0.901. The Kier molecular flexibility index (Phi) is 1.82. The second-order valence-electron chi connectivity index (χ2n) is 2.28. The number of aromatic nitrogens is 2. The van der Waals surface area contributed by atoms with E-state index in [0.717, 1.165) is 0 Å². The maximum Gasteiger partial charge on any atom is 0.269 e. The van der Waals surface area contributed by atoms with Crippen molar-refractivity contribution in [3.05, 3.63) is 17.7 Å². The summed E-state index contributed by atoms with van der Waals surface area (Å²) in [5.74, 6) is -1.48. The van der Waals surface area contributed by atoms with Gasteiger partial charge in [0.15, 0.2) is 5.69 Å². The van der Waals surface area contributed by atoms with Crippen LogP contribution < -0.4 is 11.5 Å². The van der Waals surface area contributed by atoms with Crippen molar-refractivity contribution in [2.75, 3.05) is 0 Å². The van der Waals surface area contributed by atoms with Crippen LogP contribution in [0.3, 0.4) is 0 Å². The first-order valence-electron chi connectivity index (χ1n) is 3.15. The topological polar surface area (TPSA) is 104 Å². The van der Waals surface area contributed by atoms with Gasteiger partial charge >= 0.3 is 0 Å². The molecule has 0 saturated carbocycles. The van der Waals surface area contributed by atoms with Gasteiger partial charge in [-0.05, 0) is 0 Å². The Morgan fingerprint density at radius 1 is 1.42 bits per heavy atom. The SMILES string of the molecule is Cn1cnc(C(N)=O)c1C(N)=O. The van der Waals surface area contributed by atoms with Crippen LogP contribution in [0.15, 0.2) is 6.33 Å². The molecule has 0 radical (unpaired) electrons. The molecule has 0 fully saturated rings. The van der Waals surface area contributed by atoms with Gasteiger partial charge in [0.2, 0.25) is 0 Å². The van der Waals surface area contributed by atoms with Crippen molar-refractivity contribution in [2.24, 2.45) is 18.5 Å². The van der Waals surface area contributed by atoms with E-state index in [1.807, 2.05) is 0 Å². The molecule has 0 aliphatic rings. The van der Waals surface area contributed by atoms with Crippen LogP contribution in [0.4, 0.5) is 0 Å². The Hall–Kier alpha value is -1.85. The van der Waals surface area contributed by atoms with Crippen LogP contribution in [-0.4, -0.2) is 21.4 Å². The summed E-state index contributed by atoms with van der Waals surface area (Å²) in [7, 11) is 1.56. The molecule has 0 atom stereocenters. The zero-order valence-corrected chi connectivity index (χ0v) is 6.44. The number of carbonyl (C=O) groups excluding carboxylic acids is 2. The van der Waals surface area contributed by atoms with E-state index in [1.54, 1.807) is 7.05 Å². The Morgan fingerprint density at radius 3 is 2.33 bits per heavy atom. The van der Waals surface area contributed by atoms with Crippen molar-refractivity contribution in [1.82, 2.24) is 9.55 Å². The van der Waals surface area contributed by atoms with E-state index >= 15 is 0 Å². The van der Waals surface area contributed by atoms with Crippen molar-refractivity contribution in [1.29, 1.82) is 0 Å². The predicted molar refractivity (Wildman–Crippen MR) is 40.2 cm³/mol. The molecule has 2 amide bonds. The molecular formula is C6H8N4O2. The van der Waals surface area contributed by atoms with Gasteiger partial charge in [-0.2, -0.15) is 0 Å². The Labute approximate surface area is 68.2 Å². The van der Waals surface area contributed by atoms with Gasteiger partial charge in [0.25, 0.3) is 11.8 Å². The molecule has 4 N–H and O–H groups in total. The highest BCUT2D eigenvalue weighted by atomic mass is 16.2. The molecule has 1 heterocycles. The molecule has 0 saturated heterocycles. The molecule has 6 heteroatoms. The minimum absolute atomic E-state index is 0.0301. The fraction of sp³-hybridized carbons (Fsp3) is 0.167. The molecule has 64 valence electrons. The first-order chi connectivity index (χ1) is 5.54. The van der Waals surface area contributed by atoms with Crippen LogP contribution >= 0.6 is 0 Å². The van der Waals surface area contributed by atoms with Crippen molar-refractivity contribution in [3.8, 4) is 0 Å². The molecule has 0 aliphatic carbocycles. The maximum absolute atomic E-state index is 10.8. The van der Waals surface area contributed by atoms with Crippen molar-refractivity contribution < 1.29 is 9.59 Å². The number of amides is 2. The van der Waals surface area contributed by atoms with E-state index in [4.69, 9.17) is 11.5 Å². The average Bonchev–Trinajstić information content (AvgIpc) is 2.30. The molecule has 12 heavy (non-hydrogen) atoms. The van der Waals surface area contributed by atoms with Crippen LogP contribution in [0.2, 0.25) is 0 Å². The number of hydrogen-bond acceptors (Lipinski definition) is 3. The van der Waals surface area contributed by atoms with Gasteiger partial charge in [0, 0.05) is 7.05 Å². The number of primary amides is 2. The van der Waals surface area contributed by atoms with Gasteiger partial charge < -0.3 is 16.0 Å². The number of rotatable bonds is 2. The minimum Gasteiger partial charge on any atom is -0.364 e. The van der Waals surface area contributed by atoms with Gasteiger partial charge in [0.1, 0.15) is 5.69 Å². The molecule has 0 bridgehead atoms. The zero-order chi connectivity index (χ0) is 9.30. The lowest BCUT2D eigenvalue weighted by atomic mass is 10.3. The van der Waals surface area contributed by atoms with E-state index < -0.39 is 11.8 Å². The van der Waals surface area contributed by atoms with Crippen LogP contribution in [0, 0.1) is 0 Å². The molecule has 0 spiro atoms. The Morgan fingerprint density at radius 2 is 2.00 bits per heavy atom. The second kappa shape index (κ2) is 2.65. The third-order valence-corrected chi connectivity index (χ3v) is 1.40. The molecule has 0 aromatic carbocycles. The van der Waals surface area contributed by atoms with E-state index in [1.165, 1.54) is 10.9 Å². The van der Waals surface area contributed by atoms with Crippen molar-refractivity contribution >= 4 is 11.8 Å². The monoisotopic (exact) mass is 168 g/mol. The highest BCUT2D eigenvalue weighted by molar-refractivity contribution is 6.03. The molecule has 0 unspecified atom stereocenters. The Bertz CT molecular complexity index is 341. The highest BCUT2D eigenvalue weighted by Crippen LogP contribution is 2.03. The maximum atomic E-state index is 10.8. The number of carbonyl (C=O) groups is 2. The quantitative estimate of drug-likeness (QED) is 0.568. The van der Waals surface area contributed by atoms with Crippen LogP contribution in [0.1, 0.15) is 21.0 Å². The Balaban J connectivity index is 3.31. The lowest BCUT2D eigenvalue weighted by Crippen LogP contribution is -2.22. The van der Waals surface area contributed by atoms with Crippen LogP contribution in [0.25, 0.3) is 0 Å². The summed E-state index contributed by atoms with van der Waals surface area (Å²) in [4.78, 5) is 25.1. The standard InChI is InChI=1S/C6H8N4O2/c1-10-2-9-3(5(7)11)4(10)6(8)12/h2H,1H3,(H2,7,11)(H2,8,12). The first kappa shape index (κ1) is 8.25. The molecule has 6 nitrogen and oxygen atoms in total. The predicted octanol–water partition coefficient (Wildman–Crippen LogP) is -1.38. The van der Waals surface area contributed by atoms with E-state index in [2.05, 4.69) is 4.98 Å². The number of nitrogens with two attached hydrogens (primary N) is 2. The van der Waals surface area contributed by atoms with Gasteiger partial charge in [-0.15, -0.1) is 0 Å². The number of imidazole rings is 1. The van der Waals surface area contributed by atoms with E-state index in [-0.39, 0.29) is 11.4 Å². The lowest BCUT2D eigenvalue weighted by molar-refractivity contribution is 0.0959. The minimum atomic E-state index is -0.760. The molecule has 1 rings (SSSR count). The van der Waals surface area contributed by atoms with Gasteiger partial charge in [-0.1, -0.05) is 0 Å².